The van der Waals surface area contributed by atoms with Crippen LogP contribution in [0.3, 0.4) is 0 Å². The van der Waals surface area contributed by atoms with Gasteiger partial charge in [-0.15, -0.1) is 0 Å². The van der Waals surface area contributed by atoms with E-state index in [0.29, 0.717) is 30.2 Å². The van der Waals surface area contributed by atoms with Crippen LogP contribution in [0.5, 0.6) is 11.5 Å². The van der Waals surface area contributed by atoms with Crippen molar-refractivity contribution < 1.29 is 24.1 Å². The Morgan fingerprint density at radius 3 is 2.53 bits per heavy atom. The Bertz CT molecular complexity index is 989. The third-order valence-electron chi connectivity index (χ3n) is 5.95. The smallest absolute Gasteiger partial charge is 0.271 e. The highest BCUT2D eigenvalue weighted by atomic mass is 16.6. The van der Waals surface area contributed by atoms with Gasteiger partial charge in [0.05, 0.1) is 25.7 Å². The molecule has 2 aromatic carbocycles. The van der Waals surface area contributed by atoms with E-state index in [1.165, 1.54) is 12.1 Å². The molecular weight excluding hydrogens is 386 g/mol. The largest absolute Gasteiger partial charge is 0.497 e. The number of rotatable bonds is 5. The number of amidine groups is 1. The van der Waals surface area contributed by atoms with E-state index in [1.807, 2.05) is 22.8 Å². The summed E-state index contributed by atoms with van der Waals surface area (Å²) in [6, 6.07) is 11.8. The zero-order chi connectivity index (χ0) is 21.3. The number of nitro benzene ring substituents is 1. The van der Waals surface area contributed by atoms with Crippen molar-refractivity contribution in [3.63, 3.8) is 0 Å². The number of ether oxygens (including phenoxy) is 2. The van der Waals surface area contributed by atoms with E-state index in [-0.39, 0.29) is 5.69 Å². The molecule has 1 unspecified atom stereocenters. The van der Waals surface area contributed by atoms with Crippen molar-refractivity contribution in [3.05, 3.63) is 58.1 Å². The van der Waals surface area contributed by atoms with Gasteiger partial charge in [0.2, 0.25) is 0 Å². The molecule has 2 heterocycles. The Kier molecular flexibility index (Phi) is 5.34. The number of anilines is 1. The minimum atomic E-state index is -1.29. The van der Waals surface area contributed by atoms with Crippen LogP contribution in [0.1, 0.15) is 31.2 Å². The number of hydrogen-bond donors (Lipinski definition) is 1. The van der Waals surface area contributed by atoms with Gasteiger partial charge in [-0.2, -0.15) is 0 Å². The monoisotopic (exact) mass is 412 g/mol. The Labute approximate surface area is 175 Å². The lowest BCUT2D eigenvalue weighted by Crippen LogP contribution is -2.41. The van der Waals surface area contributed by atoms with E-state index in [0.717, 1.165) is 37.2 Å². The summed E-state index contributed by atoms with van der Waals surface area (Å²) in [4.78, 5) is 12.7. The molecule has 0 fully saturated rings. The Balaban J connectivity index is 1.82. The predicted molar refractivity (Wildman–Crippen MR) is 112 cm³/mol. The molecule has 30 heavy (non-hydrogen) atoms. The molecule has 0 saturated carbocycles. The Morgan fingerprint density at radius 1 is 1.10 bits per heavy atom. The second kappa shape index (κ2) is 7.95. The van der Waals surface area contributed by atoms with Gasteiger partial charge >= 0.3 is 0 Å². The molecule has 158 valence electrons. The summed E-state index contributed by atoms with van der Waals surface area (Å²) < 4.78 is 13.1. The minimum Gasteiger partial charge on any atom is -0.497 e. The van der Waals surface area contributed by atoms with E-state index in [9.17, 15) is 15.2 Å². The minimum absolute atomic E-state index is 0.00624. The second-order valence-electron chi connectivity index (χ2n) is 7.62. The van der Waals surface area contributed by atoms with Crippen LogP contribution in [0.2, 0.25) is 0 Å². The summed E-state index contributed by atoms with van der Waals surface area (Å²) >= 11 is 0. The van der Waals surface area contributed by atoms with Crippen LogP contribution in [0.25, 0.3) is 0 Å². The van der Waals surface area contributed by atoms with Crippen molar-refractivity contribution in [2.75, 3.05) is 32.2 Å². The average molecular weight is 412 g/mol. The molecule has 1 atom stereocenters. The van der Waals surface area contributed by atoms with Gasteiger partial charge in [-0.1, -0.05) is 0 Å². The zero-order valence-corrected chi connectivity index (χ0v) is 17.2. The first kappa shape index (κ1) is 20.2. The molecule has 0 amide bonds. The van der Waals surface area contributed by atoms with Gasteiger partial charge in [0.25, 0.3) is 17.2 Å². The standard InChI is InChI=1S/C22H26N3O5/c1-29-18-11-12-20(30-2)19(14-18)23-15-22(26,24-13-5-3-4-6-21(23)24)16-7-9-17(10-8-16)25(27)28/h7-12,14,26H,3-6,13,15H2,1-2H3/q+1. The summed E-state index contributed by atoms with van der Waals surface area (Å²) in [6.07, 6.45) is 3.92. The normalized spacial score (nSPS) is 21.2. The lowest BCUT2D eigenvalue weighted by atomic mass is 10.0. The lowest BCUT2D eigenvalue weighted by molar-refractivity contribution is -0.658. The first-order valence-electron chi connectivity index (χ1n) is 10.1. The highest BCUT2D eigenvalue weighted by Gasteiger charge is 2.52. The molecule has 2 aliphatic heterocycles. The van der Waals surface area contributed by atoms with Crippen LogP contribution in [-0.2, 0) is 5.72 Å². The summed E-state index contributed by atoms with van der Waals surface area (Å²) in [5.41, 5.74) is 0.184. The summed E-state index contributed by atoms with van der Waals surface area (Å²) in [5.74, 6) is 2.43. The summed E-state index contributed by atoms with van der Waals surface area (Å²) in [6.45, 7) is 1.01. The molecule has 2 aromatic rings. The van der Waals surface area contributed by atoms with Crippen LogP contribution in [0, 0.1) is 10.1 Å². The van der Waals surface area contributed by atoms with Gasteiger partial charge in [0, 0.05) is 30.2 Å². The van der Waals surface area contributed by atoms with Crippen molar-refractivity contribution in [2.45, 2.75) is 31.4 Å². The van der Waals surface area contributed by atoms with Gasteiger partial charge in [-0.25, -0.2) is 9.48 Å². The fourth-order valence-electron chi connectivity index (χ4n) is 4.40. The molecule has 0 aliphatic carbocycles. The fraction of sp³-hybridized carbons (Fsp3) is 0.409. The molecule has 2 aliphatic rings. The van der Waals surface area contributed by atoms with Crippen molar-refractivity contribution in [2.24, 2.45) is 0 Å². The molecule has 0 radical (unpaired) electrons. The number of nitro groups is 1. The summed E-state index contributed by atoms with van der Waals surface area (Å²) in [5, 5.41) is 22.9. The third-order valence-corrected chi connectivity index (χ3v) is 5.95. The predicted octanol–water partition coefficient (Wildman–Crippen LogP) is 3.26. The molecule has 0 bridgehead atoms. The van der Waals surface area contributed by atoms with Gasteiger partial charge in [-0.3, -0.25) is 10.1 Å². The van der Waals surface area contributed by atoms with E-state index < -0.39 is 10.6 Å². The molecule has 0 aromatic heterocycles. The molecule has 0 saturated heterocycles. The van der Waals surface area contributed by atoms with E-state index in [1.54, 1.807) is 26.4 Å². The first-order valence-corrected chi connectivity index (χ1v) is 10.1. The number of aliphatic hydroxyl groups is 1. The zero-order valence-electron chi connectivity index (χ0n) is 17.2. The molecule has 4 rings (SSSR count). The van der Waals surface area contributed by atoms with E-state index in [4.69, 9.17) is 9.47 Å². The Hall–Kier alpha value is -3.13. The molecule has 0 spiro atoms. The fourth-order valence-corrected chi connectivity index (χ4v) is 4.40. The lowest BCUT2D eigenvalue weighted by Gasteiger charge is -2.23. The van der Waals surface area contributed by atoms with Gasteiger partial charge < -0.3 is 14.6 Å². The quantitative estimate of drug-likeness (QED) is 0.461. The number of β-amino-alcohol motifs (C(OH)–C–C–N with tert-alkyl or cyclic N) is 1. The van der Waals surface area contributed by atoms with Crippen LogP contribution in [-0.4, -0.2) is 47.8 Å². The maximum Gasteiger partial charge on any atom is 0.271 e. The van der Waals surface area contributed by atoms with Crippen LogP contribution in [0.4, 0.5) is 11.4 Å². The van der Waals surface area contributed by atoms with Crippen LogP contribution >= 0.6 is 0 Å². The molecule has 8 heteroatoms. The number of nitrogens with zero attached hydrogens (tertiary/aromatic N) is 3. The third kappa shape index (κ3) is 3.37. The molecule has 8 nitrogen and oxygen atoms in total. The highest BCUT2D eigenvalue weighted by Crippen LogP contribution is 2.40. The Morgan fingerprint density at radius 2 is 1.87 bits per heavy atom. The maximum atomic E-state index is 11.9. The van der Waals surface area contributed by atoms with Crippen LogP contribution in [0.15, 0.2) is 42.5 Å². The molecule has 1 N–H and O–H groups in total. The number of methoxy groups -OCH3 is 2. The SMILES string of the molecule is COc1ccc(OC)c(N2CC(O)(c3ccc([N+](=O)[O-])cc3)[N+]3=C2CCCCC3)c1. The van der Waals surface area contributed by atoms with Crippen molar-refractivity contribution in [1.29, 1.82) is 0 Å². The van der Waals surface area contributed by atoms with Crippen LogP contribution < -0.4 is 14.4 Å². The highest BCUT2D eigenvalue weighted by molar-refractivity contribution is 5.97. The number of benzene rings is 2. The summed E-state index contributed by atoms with van der Waals surface area (Å²) in [7, 11) is 3.24. The average Bonchev–Trinajstić information content (AvgIpc) is 2.91. The van der Waals surface area contributed by atoms with E-state index >= 15 is 0 Å². The number of hydrogen-bond acceptors (Lipinski definition) is 6. The van der Waals surface area contributed by atoms with Crippen molar-refractivity contribution in [3.8, 4) is 11.5 Å². The van der Waals surface area contributed by atoms with Crippen molar-refractivity contribution in [1.82, 2.24) is 0 Å². The topological polar surface area (TPSA) is 88.1 Å². The van der Waals surface area contributed by atoms with Gasteiger partial charge in [0.15, 0.2) is 18.0 Å². The maximum absolute atomic E-state index is 11.9. The van der Waals surface area contributed by atoms with E-state index in [2.05, 4.69) is 4.90 Å². The molecular formula is C22H26N3O5+. The number of non-ortho nitro benzene ring substituents is 1. The van der Waals surface area contributed by atoms with Crippen molar-refractivity contribution >= 4 is 17.2 Å². The second-order valence-corrected chi connectivity index (χ2v) is 7.62. The van der Waals surface area contributed by atoms with Gasteiger partial charge in [0.1, 0.15) is 5.75 Å². The first-order chi connectivity index (χ1) is 14.5. The van der Waals surface area contributed by atoms with Gasteiger partial charge in [-0.05, 0) is 43.5 Å².